The topological polar surface area (TPSA) is 74.2 Å². The van der Waals surface area contributed by atoms with E-state index in [1.165, 1.54) is 12.1 Å². The van der Waals surface area contributed by atoms with Gasteiger partial charge in [0.15, 0.2) is 0 Å². The molecule has 0 spiro atoms. The summed E-state index contributed by atoms with van der Waals surface area (Å²) in [4.78, 5) is 26.0. The van der Waals surface area contributed by atoms with Crippen molar-refractivity contribution in [1.29, 1.82) is 0 Å². The van der Waals surface area contributed by atoms with Crippen LogP contribution in [0.15, 0.2) is 59.8 Å². The number of halogens is 1. The molecular weight excluding hydrogens is 459 g/mol. The van der Waals surface area contributed by atoms with Crippen molar-refractivity contribution in [3.05, 3.63) is 83.1 Å². The van der Waals surface area contributed by atoms with Crippen LogP contribution in [0.3, 0.4) is 0 Å². The second kappa shape index (κ2) is 9.66. The van der Waals surface area contributed by atoms with E-state index >= 15 is 4.39 Å². The molecule has 0 aliphatic carbocycles. The van der Waals surface area contributed by atoms with Crippen molar-refractivity contribution < 1.29 is 13.9 Å². The van der Waals surface area contributed by atoms with E-state index in [1.807, 2.05) is 58.4 Å². The van der Waals surface area contributed by atoms with Gasteiger partial charge in [0.25, 0.3) is 5.91 Å². The first-order valence-corrected chi connectivity index (χ1v) is 11.9. The minimum absolute atomic E-state index is 0.0678. The summed E-state index contributed by atoms with van der Waals surface area (Å²) in [5.41, 5.74) is 3.25. The highest BCUT2D eigenvalue weighted by Crippen LogP contribution is 2.31. The third-order valence-electron chi connectivity index (χ3n) is 6.73. The number of ether oxygens (including phenoxy) is 1. The van der Waals surface area contributed by atoms with Crippen LogP contribution in [0.4, 0.5) is 4.39 Å². The number of likely N-dealkylation sites (N-methyl/N-ethyl adjacent to an activating group) is 1. The Balaban J connectivity index is 1.37. The molecule has 2 unspecified atom stereocenters. The highest BCUT2D eigenvalue weighted by molar-refractivity contribution is 5.95. The molecule has 1 fully saturated rings. The minimum Gasteiger partial charge on any atom is -0.444 e. The first-order valence-electron chi connectivity index (χ1n) is 11.9. The van der Waals surface area contributed by atoms with Crippen LogP contribution >= 0.6 is 0 Å². The van der Waals surface area contributed by atoms with Crippen LogP contribution in [0, 0.1) is 12.7 Å². The van der Waals surface area contributed by atoms with Crippen LogP contribution in [0.1, 0.15) is 40.0 Å². The molecule has 36 heavy (non-hydrogen) atoms. The van der Waals surface area contributed by atoms with Gasteiger partial charge < -0.3 is 14.5 Å². The van der Waals surface area contributed by atoms with Gasteiger partial charge in [-0.25, -0.2) is 9.37 Å². The lowest BCUT2D eigenvalue weighted by Gasteiger charge is -2.21. The van der Waals surface area contributed by atoms with E-state index in [0.717, 1.165) is 12.0 Å². The fourth-order valence-electron chi connectivity index (χ4n) is 4.54. The molecule has 9 heteroatoms. The van der Waals surface area contributed by atoms with Gasteiger partial charge in [0, 0.05) is 37.3 Å². The van der Waals surface area contributed by atoms with Crippen molar-refractivity contribution in [2.24, 2.45) is 5.10 Å². The van der Waals surface area contributed by atoms with Crippen molar-refractivity contribution in [3.8, 4) is 11.3 Å². The zero-order valence-corrected chi connectivity index (χ0v) is 20.8. The molecule has 1 aromatic heterocycles. The normalized spacial score (nSPS) is 19.6. The molecule has 1 saturated heterocycles. The second-order valence-corrected chi connectivity index (χ2v) is 9.39. The summed E-state index contributed by atoms with van der Waals surface area (Å²) >= 11 is 0. The molecule has 3 aromatic rings. The maximum Gasteiger partial charge on any atom is 0.256 e. The Bertz CT molecular complexity index is 1310. The SMILES string of the molecule is Cc1ncc(-c2ccc(C(=O)N3CCC(N(C)C)C3)c(F)c2)nc1C1OC(c2ccccc2)=NN1C. The monoisotopic (exact) mass is 488 g/mol. The number of aromatic nitrogens is 2. The summed E-state index contributed by atoms with van der Waals surface area (Å²) in [6.07, 6.45) is 1.93. The van der Waals surface area contributed by atoms with E-state index in [2.05, 4.69) is 15.0 Å². The summed E-state index contributed by atoms with van der Waals surface area (Å²) in [6, 6.07) is 14.5. The van der Waals surface area contributed by atoms with Crippen molar-refractivity contribution in [2.45, 2.75) is 25.6 Å². The Morgan fingerprint density at radius 2 is 1.92 bits per heavy atom. The average molecular weight is 489 g/mol. The maximum absolute atomic E-state index is 15.1. The second-order valence-electron chi connectivity index (χ2n) is 9.39. The largest absolute Gasteiger partial charge is 0.444 e. The minimum atomic E-state index is -0.571. The molecule has 0 radical (unpaired) electrons. The predicted molar refractivity (Wildman–Crippen MR) is 135 cm³/mol. The fraction of sp³-hybridized carbons (Fsp3) is 0.333. The number of amides is 1. The number of hydrazone groups is 1. The molecule has 186 valence electrons. The lowest BCUT2D eigenvalue weighted by Crippen LogP contribution is -2.34. The third kappa shape index (κ3) is 4.54. The van der Waals surface area contributed by atoms with Crippen LogP contribution in [-0.4, -0.2) is 76.9 Å². The van der Waals surface area contributed by atoms with Crippen molar-refractivity contribution >= 4 is 11.8 Å². The lowest BCUT2D eigenvalue weighted by molar-refractivity contribution is 0.0729. The highest BCUT2D eigenvalue weighted by Gasteiger charge is 2.32. The summed E-state index contributed by atoms with van der Waals surface area (Å²) in [5, 5.41) is 6.21. The number of hydrogen-bond acceptors (Lipinski definition) is 7. The first-order chi connectivity index (χ1) is 17.3. The van der Waals surface area contributed by atoms with Crippen LogP contribution < -0.4 is 0 Å². The predicted octanol–water partition coefficient (Wildman–Crippen LogP) is 3.69. The molecule has 0 N–H and O–H groups in total. The summed E-state index contributed by atoms with van der Waals surface area (Å²) in [5.74, 6) is -0.355. The number of rotatable bonds is 5. The average Bonchev–Trinajstić information content (AvgIpc) is 3.52. The van der Waals surface area contributed by atoms with Crippen LogP contribution in [0.2, 0.25) is 0 Å². The Morgan fingerprint density at radius 3 is 2.61 bits per heavy atom. The van der Waals surface area contributed by atoms with Gasteiger partial charge in [-0.15, -0.1) is 5.10 Å². The van der Waals surface area contributed by atoms with Gasteiger partial charge in [0.2, 0.25) is 12.1 Å². The van der Waals surface area contributed by atoms with Crippen LogP contribution in [0.25, 0.3) is 11.3 Å². The first kappa shape index (κ1) is 23.9. The van der Waals surface area contributed by atoms with Crippen molar-refractivity contribution in [3.63, 3.8) is 0 Å². The zero-order chi connectivity index (χ0) is 25.4. The zero-order valence-electron chi connectivity index (χ0n) is 20.8. The van der Waals surface area contributed by atoms with Gasteiger partial charge in [-0.05, 0) is 51.7 Å². The Hall–Kier alpha value is -3.85. The standard InChI is InChI=1S/C27H29FN6O2/c1-17-24(27-33(4)31-25(36-27)18-8-6-5-7-9-18)30-23(15-29-17)19-10-11-21(22(28)14-19)26(35)34-13-12-20(16-34)32(2)3/h5-11,14-15,20,27H,12-13,16H2,1-4H3. The van der Waals surface area contributed by atoms with E-state index in [4.69, 9.17) is 9.72 Å². The van der Waals surface area contributed by atoms with E-state index in [1.54, 1.807) is 22.2 Å². The molecular formula is C27H29FN6O2. The van der Waals surface area contributed by atoms with Gasteiger partial charge in [0.05, 0.1) is 23.1 Å². The van der Waals surface area contributed by atoms with Crippen LogP contribution in [0.5, 0.6) is 0 Å². The van der Waals surface area contributed by atoms with E-state index in [9.17, 15) is 4.79 Å². The molecule has 8 nitrogen and oxygen atoms in total. The Morgan fingerprint density at radius 1 is 1.14 bits per heavy atom. The van der Waals surface area contributed by atoms with Crippen molar-refractivity contribution in [1.82, 2.24) is 24.8 Å². The fourth-order valence-corrected chi connectivity index (χ4v) is 4.54. The molecule has 0 bridgehead atoms. The molecule has 1 amide bonds. The number of aryl methyl sites for hydroxylation is 1. The quantitative estimate of drug-likeness (QED) is 0.546. The van der Waals surface area contributed by atoms with E-state index in [-0.39, 0.29) is 11.5 Å². The summed E-state index contributed by atoms with van der Waals surface area (Å²) in [6.45, 7) is 3.07. The Labute approximate surface area is 210 Å². The highest BCUT2D eigenvalue weighted by atomic mass is 19.1. The van der Waals surface area contributed by atoms with Gasteiger partial charge >= 0.3 is 0 Å². The van der Waals surface area contributed by atoms with Crippen LogP contribution in [-0.2, 0) is 4.74 Å². The number of carbonyl (C=O) groups excluding carboxylic acids is 1. The van der Waals surface area contributed by atoms with E-state index < -0.39 is 12.0 Å². The van der Waals surface area contributed by atoms with Gasteiger partial charge in [0.1, 0.15) is 11.5 Å². The van der Waals surface area contributed by atoms with Gasteiger partial charge in [-0.2, -0.15) is 0 Å². The number of benzene rings is 2. The molecule has 0 saturated carbocycles. The van der Waals surface area contributed by atoms with Crippen molar-refractivity contribution in [2.75, 3.05) is 34.2 Å². The molecule has 5 rings (SSSR count). The number of carbonyl (C=O) groups is 1. The smallest absolute Gasteiger partial charge is 0.256 e. The van der Waals surface area contributed by atoms with Gasteiger partial charge in [-0.1, -0.05) is 24.3 Å². The molecule has 2 aromatic carbocycles. The summed E-state index contributed by atoms with van der Waals surface area (Å²) < 4.78 is 21.2. The molecule has 2 aliphatic rings. The number of hydrogen-bond donors (Lipinski definition) is 0. The molecule has 2 atom stereocenters. The van der Waals surface area contributed by atoms with E-state index in [0.29, 0.717) is 47.7 Å². The number of nitrogens with zero attached hydrogens (tertiary/aromatic N) is 6. The van der Waals surface area contributed by atoms with Gasteiger partial charge in [-0.3, -0.25) is 14.8 Å². The third-order valence-corrected chi connectivity index (χ3v) is 6.73. The lowest BCUT2D eigenvalue weighted by atomic mass is 10.1. The number of likely N-dealkylation sites (tertiary alicyclic amines) is 1. The molecule has 2 aliphatic heterocycles. The molecule has 3 heterocycles. The summed E-state index contributed by atoms with van der Waals surface area (Å²) in [7, 11) is 5.80. The maximum atomic E-state index is 15.1. The Kier molecular flexibility index (Phi) is 6.40.